The van der Waals surface area contributed by atoms with Gasteiger partial charge < -0.3 is 9.80 Å². The summed E-state index contributed by atoms with van der Waals surface area (Å²) >= 11 is 0. The first kappa shape index (κ1) is 66.1. The Morgan fingerprint density at radius 2 is 0.456 bits per heavy atom. The van der Waals surface area contributed by atoms with E-state index in [2.05, 4.69) is 396 Å². The van der Waals surface area contributed by atoms with Gasteiger partial charge in [-0.3, -0.25) is 0 Å². The molecule has 0 unspecified atom stereocenters. The Bertz CT molecular complexity index is 5010. The van der Waals surface area contributed by atoms with Gasteiger partial charge in [-0.1, -0.05) is 301 Å². The number of nitrogens with zero attached hydrogens (tertiary/aromatic N) is 5. The second-order valence-electron chi connectivity index (χ2n) is 32.2. The van der Waals surface area contributed by atoms with Crippen LogP contribution in [0.25, 0.3) is 101 Å². The van der Waals surface area contributed by atoms with Crippen LogP contribution in [0.5, 0.6) is 0 Å². The van der Waals surface area contributed by atoms with Crippen molar-refractivity contribution in [1.82, 2.24) is 15.0 Å². The molecule has 0 radical (unpaired) electrons. The van der Waals surface area contributed by atoms with Crippen LogP contribution in [0.15, 0.2) is 303 Å². The van der Waals surface area contributed by atoms with E-state index in [1.165, 1.54) is 38.6 Å². The summed E-state index contributed by atoms with van der Waals surface area (Å²) in [6, 6.07) is 113. The zero-order valence-corrected chi connectivity index (χ0v) is 61.2. The second-order valence-corrected chi connectivity index (χ2v) is 32.2. The van der Waals surface area contributed by atoms with Crippen LogP contribution in [0, 0.1) is 0 Å². The lowest BCUT2D eigenvalue weighted by Gasteiger charge is -2.45. The van der Waals surface area contributed by atoms with E-state index in [1.807, 2.05) is 0 Å². The third-order valence-electron chi connectivity index (χ3n) is 20.8. The fraction of sp³-hybridized carbons (Fsp3) is 0.165. The largest absolute Gasteiger partial charge is 0.311 e. The van der Waals surface area contributed by atoms with Crippen LogP contribution in [0.4, 0.5) is 34.1 Å². The smallest absolute Gasteiger partial charge is 0.252 e. The molecule has 103 heavy (non-hydrogen) atoms. The number of rotatable bonds is 11. The van der Waals surface area contributed by atoms with E-state index < -0.39 is 0 Å². The van der Waals surface area contributed by atoms with Gasteiger partial charge in [0.25, 0.3) is 6.71 Å². The molecular weight excluding hydrogens is 1250 g/mol. The minimum Gasteiger partial charge on any atom is -0.311 e. The van der Waals surface area contributed by atoms with Crippen LogP contribution in [0.2, 0.25) is 0 Å². The van der Waals surface area contributed by atoms with Crippen LogP contribution in [-0.2, 0) is 21.7 Å². The SMILES string of the molecule is CC(C)(C)c1cc(-c2nc(-c3cc(C(C)(C)C)cc(C(C)(C)C)c3)nc(-c3cc4c5c(c3)N(c3cc(-c6ccccc6)cc(-c6ccccc6)c3)c3cc(-c6ccccc6)ccc3B5c3ccc(-c5ccccc5)cc3N4c3cc(-c4ccccc4)cc(-c4ccccc4)c3)n2)cc(C(C)(C)C)c1. The van der Waals surface area contributed by atoms with Gasteiger partial charge in [-0.05, 0) is 212 Å². The van der Waals surface area contributed by atoms with E-state index in [-0.39, 0.29) is 28.4 Å². The Morgan fingerprint density at radius 1 is 0.214 bits per heavy atom. The molecule has 2 aliphatic rings. The fourth-order valence-corrected chi connectivity index (χ4v) is 15.0. The Hall–Kier alpha value is -11.5. The Kier molecular flexibility index (Phi) is 16.6. The summed E-state index contributed by atoms with van der Waals surface area (Å²) in [5, 5.41) is 0. The predicted octanol–water partition coefficient (Wildman–Crippen LogP) is 24.1. The summed E-state index contributed by atoms with van der Waals surface area (Å²) in [6.07, 6.45) is 0. The maximum absolute atomic E-state index is 5.90. The molecule has 0 spiro atoms. The zero-order chi connectivity index (χ0) is 71.1. The van der Waals surface area contributed by atoms with E-state index in [9.17, 15) is 0 Å². The molecule has 1 aromatic heterocycles. The molecular formula is C97H86BN5. The summed E-state index contributed by atoms with van der Waals surface area (Å²) in [5.41, 5.74) is 30.4. The molecule has 0 saturated heterocycles. The summed E-state index contributed by atoms with van der Waals surface area (Å²) in [5.74, 6) is 1.82. The molecule has 5 nitrogen and oxygen atoms in total. The van der Waals surface area contributed by atoms with E-state index >= 15 is 0 Å². The highest BCUT2D eigenvalue weighted by Crippen LogP contribution is 2.50. The Labute approximate surface area is 609 Å². The van der Waals surface area contributed by atoms with Gasteiger partial charge in [0.05, 0.1) is 0 Å². The molecule has 16 rings (SSSR count). The molecule has 14 aromatic rings. The van der Waals surface area contributed by atoms with E-state index in [0.29, 0.717) is 17.5 Å². The highest BCUT2D eigenvalue weighted by molar-refractivity contribution is 7.00. The first-order valence-electron chi connectivity index (χ1n) is 36.3. The van der Waals surface area contributed by atoms with Gasteiger partial charge in [-0.15, -0.1) is 0 Å². The highest BCUT2D eigenvalue weighted by atomic mass is 15.2. The molecule has 502 valence electrons. The summed E-state index contributed by atoms with van der Waals surface area (Å²) < 4.78 is 0. The number of anilines is 6. The first-order valence-corrected chi connectivity index (χ1v) is 36.3. The standard InChI is InChI=1S/C97H86BN5/c1-94(2,3)78-49-75(50-79(61-78)95(4,5)6)91-99-92(76-51-80(96(7,8)9)62-81(52-76)97(10,11)12)101-93(100-91)77-59-88-90-89(60-77)103(83-55-73(67-39-27-17-28-40-67)48-74(56-83)68-41-29-18-30-42-68)87-58-70(64-33-21-14-22-34-64)44-46-85(87)98(90)84-45-43-69(63-31-19-13-20-32-63)57-86(84)102(88)82-53-71(65-35-23-15-24-36-65)47-72(54-82)66-37-25-16-26-38-66/h13-62H,1-12H3. The van der Waals surface area contributed by atoms with Crippen LogP contribution < -0.4 is 26.2 Å². The number of fused-ring (bicyclic) bond motifs is 4. The third-order valence-corrected chi connectivity index (χ3v) is 20.8. The van der Waals surface area contributed by atoms with E-state index in [0.717, 1.165) is 118 Å². The number of benzene rings is 13. The average Bonchev–Trinajstić information content (AvgIpc) is 0.693. The van der Waals surface area contributed by atoms with Gasteiger partial charge in [-0.25, -0.2) is 15.0 Å². The number of hydrogen-bond donors (Lipinski definition) is 0. The fourth-order valence-electron chi connectivity index (χ4n) is 15.0. The van der Waals surface area contributed by atoms with Gasteiger partial charge in [-0.2, -0.15) is 0 Å². The van der Waals surface area contributed by atoms with Crippen LogP contribution in [0.1, 0.15) is 105 Å². The Morgan fingerprint density at radius 3 is 0.718 bits per heavy atom. The van der Waals surface area contributed by atoms with Crippen molar-refractivity contribution in [2.24, 2.45) is 0 Å². The molecule has 2 aliphatic heterocycles. The van der Waals surface area contributed by atoms with Gasteiger partial charge in [0, 0.05) is 50.8 Å². The van der Waals surface area contributed by atoms with Crippen LogP contribution in [-0.4, -0.2) is 21.7 Å². The van der Waals surface area contributed by atoms with Crippen LogP contribution >= 0.6 is 0 Å². The lowest BCUT2D eigenvalue weighted by Crippen LogP contribution is -2.61. The molecule has 13 aromatic carbocycles. The Balaban J connectivity index is 1.08. The quantitative estimate of drug-likeness (QED) is 0.121. The maximum atomic E-state index is 5.90. The minimum atomic E-state index is -0.237. The topological polar surface area (TPSA) is 45.2 Å². The van der Waals surface area contributed by atoms with Crippen molar-refractivity contribution < 1.29 is 0 Å². The molecule has 0 saturated carbocycles. The summed E-state index contributed by atoms with van der Waals surface area (Å²) in [6.45, 7) is 27.4. The van der Waals surface area contributed by atoms with Crippen LogP contribution in [0.3, 0.4) is 0 Å². The minimum absolute atomic E-state index is 0.175. The average molecular weight is 1330 g/mol. The molecule has 3 heterocycles. The van der Waals surface area contributed by atoms with Gasteiger partial charge in [0.15, 0.2) is 17.5 Å². The van der Waals surface area contributed by atoms with Crippen molar-refractivity contribution in [3.63, 3.8) is 0 Å². The highest BCUT2D eigenvalue weighted by Gasteiger charge is 2.45. The normalized spacial score (nSPS) is 12.8. The van der Waals surface area contributed by atoms with E-state index in [1.54, 1.807) is 0 Å². The second kappa shape index (κ2) is 25.9. The molecule has 0 N–H and O–H groups in total. The third kappa shape index (κ3) is 12.9. The van der Waals surface area contributed by atoms with Crippen molar-refractivity contribution >= 4 is 57.2 Å². The first-order chi connectivity index (χ1) is 49.5. The lowest BCUT2D eigenvalue weighted by molar-refractivity contribution is 0.568. The van der Waals surface area contributed by atoms with Gasteiger partial charge in [0.2, 0.25) is 0 Å². The van der Waals surface area contributed by atoms with E-state index in [4.69, 9.17) is 15.0 Å². The molecule has 0 bridgehead atoms. The van der Waals surface area contributed by atoms with Crippen molar-refractivity contribution in [1.29, 1.82) is 0 Å². The monoisotopic (exact) mass is 1330 g/mol. The molecule has 0 atom stereocenters. The van der Waals surface area contributed by atoms with Crippen molar-refractivity contribution in [3.05, 3.63) is 326 Å². The number of hydrogen-bond acceptors (Lipinski definition) is 5. The van der Waals surface area contributed by atoms with Crippen molar-refractivity contribution in [2.45, 2.75) is 105 Å². The molecule has 0 fully saturated rings. The zero-order valence-electron chi connectivity index (χ0n) is 61.2. The summed E-state index contributed by atoms with van der Waals surface area (Å²) in [7, 11) is 0. The molecule has 0 aliphatic carbocycles. The van der Waals surface area contributed by atoms with Gasteiger partial charge >= 0.3 is 0 Å². The van der Waals surface area contributed by atoms with Crippen molar-refractivity contribution in [3.8, 4) is 101 Å². The lowest BCUT2D eigenvalue weighted by atomic mass is 9.33. The number of aromatic nitrogens is 3. The van der Waals surface area contributed by atoms with Crippen molar-refractivity contribution in [2.75, 3.05) is 9.80 Å². The predicted molar refractivity (Wildman–Crippen MR) is 438 cm³/mol. The molecule has 0 amide bonds. The molecule has 6 heteroatoms. The maximum Gasteiger partial charge on any atom is 0.252 e. The van der Waals surface area contributed by atoms with Gasteiger partial charge in [0.1, 0.15) is 0 Å². The summed E-state index contributed by atoms with van der Waals surface area (Å²) in [4.78, 5) is 22.7.